The van der Waals surface area contributed by atoms with E-state index in [4.69, 9.17) is 9.47 Å². The van der Waals surface area contributed by atoms with Crippen LogP contribution in [0, 0.1) is 0 Å². The fourth-order valence-electron chi connectivity index (χ4n) is 2.95. The maximum absolute atomic E-state index is 12.3. The highest BCUT2D eigenvalue weighted by Crippen LogP contribution is 2.14. The van der Waals surface area contributed by atoms with Gasteiger partial charge in [0.05, 0.1) is 25.4 Å². The molecule has 2 heterocycles. The highest BCUT2D eigenvalue weighted by molar-refractivity contribution is 5.76. The second-order valence-electron chi connectivity index (χ2n) is 6.43. The van der Waals surface area contributed by atoms with Gasteiger partial charge in [0.25, 0.3) is 5.56 Å². The van der Waals surface area contributed by atoms with Gasteiger partial charge in [-0.1, -0.05) is 30.3 Å². The molecule has 0 radical (unpaired) electrons. The molecule has 1 aliphatic heterocycles. The van der Waals surface area contributed by atoms with Gasteiger partial charge in [0, 0.05) is 31.8 Å². The molecule has 3 rings (SSSR count). The van der Waals surface area contributed by atoms with Gasteiger partial charge in [0.15, 0.2) is 0 Å². The van der Waals surface area contributed by atoms with Gasteiger partial charge in [0.1, 0.15) is 0 Å². The first-order valence-corrected chi connectivity index (χ1v) is 8.94. The summed E-state index contributed by atoms with van der Waals surface area (Å²) in [6.07, 6.45) is 2.08. The topological polar surface area (TPSA) is 102 Å². The lowest BCUT2D eigenvalue weighted by Crippen LogP contribution is -2.50. The van der Waals surface area contributed by atoms with Crippen LogP contribution < -0.4 is 16.6 Å². The van der Waals surface area contributed by atoms with Gasteiger partial charge in [-0.15, -0.1) is 0 Å². The molecule has 1 aromatic carbocycles. The minimum atomic E-state index is -0.527. The van der Waals surface area contributed by atoms with E-state index in [1.165, 1.54) is 16.8 Å². The predicted molar refractivity (Wildman–Crippen MR) is 98.3 cm³/mol. The van der Waals surface area contributed by atoms with E-state index in [2.05, 4.69) is 10.3 Å². The minimum absolute atomic E-state index is 0.119. The van der Waals surface area contributed by atoms with Crippen LogP contribution >= 0.6 is 0 Å². The van der Waals surface area contributed by atoms with E-state index in [9.17, 15) is 14.4 Å². The molecular weight excluding hydrogens is 350 g/mol. The van der Waals surface area contributed by atoms with Crippen molar-refractivity contribution in [3.05, 3.63) is 69.0 Å². The Morgan fingerprint density at radius 1 is 1.26 bits per heavy atom. The monoisotopic (exact) mass is 373 g/mol. The Balaban J connectivity index is 1.51. The molecule has 1 saturated heterocycles. The summed E-state index contributed by atoms with van der Waals surface area (Å²) >= 11 is 0. The molecular formula is C19H23N3O5. The molecule has 0 aliphatic carbocycles. The number of H-pyrrole nitrogens is 1. The molecule has 0 saturated carbocycles. The molecule has 2 atom stereocenters. The number of nitrogens with one attached hydrogen (secondary N) is 2. The molecule has 0 bridgehead atoms. The van der Waals surface area contributed by atoms with Crippen molar-refractivity contribution >= 4 is 5.91 Å². The lowest BCUT2D eigenvalue weighted by molar-refractivity contribution is -0.126. The molecule has 144 valence electrons. The zero-order valence-corrected chi connectivity index (χ0v) is 14.9. The normalized spacial score (nSPS) is 19.6. The Morgan fingerprint density at radius 3 is 2.85 bits per heavy atom. The lowest BCUT2D eigenvalue weighted by atomic mass is 10.1. The van der Waals surface area contributed by atoms with Crippen LogP contribution in [0.15, 0.2) is 52.2 Å². The van der Waals surface area contributed by atoms with Crippen LogP contribution in [0.3, 0.4) is 0 Å². The highest BCUT2D eigenvalue weighted by atomic mass is 16.5. The van der Waals surface area contributed by atoms with Crippen LogP contribution in [0.1, 0.15) is 18.4 Å². The summed E-state index contributed by atoms with van der Waals surface area (Å²) in [5, 5.41) is 2.93. The van der Waals surface area contributed by atoms with Crippen LogP contribution in [0.2, 0.25) is 0 Å². The lowest BCUT2D eigenvalue weighted by Gasteiger charge is -2.32. The number of aromatic nitrogens is 2. The van der Waals surface area contributed by atoms with Gasteiger partial charge >= 0.3 is 5.69 Å². The second-order valence-corrected chi connectivity index (χ2v) is 6.43. The standard InChI is InChI=1S/C19H23N3O5/c23-17(6-9-22-10-7-18(24)21-19(22)25)20-15-13-26-11-8-16(15)27-12-14-4-2-1-3-5-14/h1-5,7,10,15-16H,6,8-9,11-13H2,(H,20,23)(H,21,24,25)/t15-,16+/m1/s1. The van der Waals surface area contributed by atoms with Gasteiger partial charge in [-0.05, 0) is 12.0 Å². The molecule has 1 amide bonds. The summed E-state index contributed by atoms with van der Waals surface area (Å²) in [5.74, 6) is -0.197. The van der Waals surface area contributed by atoms with Gasteiger partial charge in [0.2, 0.25) is 5.91 Å². The van der Waals surface area contributed by atoms with Crippen LogP contribution in [0.5, 0.6) is 0 Å². The third-order valence-corrected chi connectivity index (χ3v) is 4.42. The number of nitrogens with zero attached hydrogens (tertiary/aromatic N) is 1. The fraction of sp³-hybridized carbons (Fsp3) is 0.421. The largest absolute Gasteiger partial charge is 0.379 e. The number of amides is 1. The fourth-order valence-corrected chi connectivity index (χ4v) is 2.95. The summed E-state index contributed by atoms with van der Waals surface area (Å²) in [4.78, 5) is 37.2. The number of benzene rings is 1. The first kappa shape index (κ1) is 19.1. The van der Waals surface area contributed by atoms with E-state index < -0.39 is 11.2 Å². The summed E-state index contributed by atoms with van der Waals surface area (Å²) in [6.45, 7) is 1.65. The zero-order valence-electron chi connectivity index (χ0n) is 14.9. The van der Waals surface area contributed by atoms with Crippen LogP contribution in [-0.4, -0.2) is 40.8 Å². The molecule has 8 heteroatoms. The van der Waals surface area contributed by atoms with Crippen LogP contribution in [0.4, 0.5) is 0 Å². The summed E-state index contributed by atoms with van der Waals surface area (Å²) < 4.78 is 12.8. The van der Waals surface area contributed by atoms with E-state index in [0.717, 1.165) is 5.56 Å². The van der Waals surface area contributed by atoms with Crippen molar-refractivity contribution in [2.45, 2.75) is 38.1 Å². The Morgan fingerprint density at radius 2 is 2.07 bits per heavy atom. The molecule has 1 aromatic heterocycles. The first-order valence-electron chi connectivity index (χ1n) is 8.94. The first-order chi connectivity index (χ1) is 13.1. The van der Waals surface area contributed by atoms with Crippen molar-refractivity contribution < 1.29 is 14.3 Å². The summed E-state index contributed by atoms with van der Waals surface area (Å²) in [7, 11) is 0. The zero-order chi connectivity index (χ0) is 19.1. The molecule has 0 unspecified atom stereocenters. The molecule has 8 nitrogen and oxygen atoms in total. The maximum atomic E-state index is 12.3. The smallest absolute Gasteiger partial charge is 0.328 e. The average molecular weight is 373 g/mol. The van der Waals surface area contributed by atoms with E-state index in [-0.39, 0.29) is 31.0 Å². The van der Waals surface area contributed by atoms with Gasteiger partial charge < -0.3 is 19.4 Å². The third kappa shape index (κ3) is 5.63. The van der Waals surface area contributed by atoms with E-state index in [1.54, 1.807) is 0 Å². The van der Waals surface area contributed by atoms with Gasteiger partial charge in [-0.2, -0.15) is 0 Å². The average Bonchev–Trinajstić information content (AvgIpc) is 2.67. The van der Waals surface area contributed by atoms with Crippen LogP contribution in [0.25, 0.3) is 0 Å². The number of carbonyl (C=O) groups excluding carboxylic acids is 1. The predicted octanol–water partition coefficient (Wildman–Crippen LogP) is 0.417. The number of rotatable bonds is 7. The number of aryl methyl sites for hydroxylation is 1. The molecule has 2 aromatic rings. The minimum Gasteiger partial charge on any atom is -0.379 e. The highest BCUT2D eigenvalue weighted by Gasteiger charge is 2.27. The number of ether oxygens (including phenoxy) is 2. The Kier molecular flexibility index (Phi) is 6.56. The molecule has 0 spiro atoms. The van der Waals surface area contributed by atoms with Crippen molar-refractivity contribution in [3.8, 4) is 0 Å². The summed E-state index contributed by atoms with van der Waals surface area (Å²) in [6, 6.07) is 10.9. The molecule has 1 fully saturated rings. The van der Waals surface area contributed by atoms with E-state index in [1.807, 2.05) is 30.3 Å². The molecule has 2 N–H and O–H groups in total. The van der Waals surface area contributed by atoms with Crippen molar-refractivity contribution in [1.29, 1.82) is 0 Å². The van der Waals surface area contributed by atoms with Crippen molar-refractivity contribution in [3.63, 3.8) is 0 Å². The number of hydrogen-bond acceptors (Lipinski definition) is 5. The quantitative estimate of drug-likeness (QED) is 0.732. The van der Waals surface area contributed by atoms with Gasteiger partial charge in [-0.25, -0.2) is 4.79 Å². The Hall–Kier alpha value is -2.71. The van der Waals surface area contributed by atoms with E-state index >= 15 is 0 Å². The molecule has 27 heavy (non-hydrogen) atoms. The summed E-state index contributed by atoms with van der Waals surface area (Å²) in [5.41, 5.74) is 0.0883. The van der Waals surface area contributed by atoms with Crippen molar-refractivity contribution in [2.75, 3.05) is 13.2 Å². The second kappa shape index (κ2) is 9.29. The maximum Gasteiger partial charge on any atom is 0.328 e. The van der Waals surface area contributed by atoms with Crippen molar-refractivity contribution in [1.82, 2.24) is 14.9 Å². The number of aromatic amines is 1. The van der Waals surface area contributed by atoms with E-state index in [0.29, 0.717) is 26.2 Å². The molecule has 1 aliphatic rings. The number of carbonyl (C=O) groups is 1. The third-order valence-electron chi connectivity index (χ3n) is 4.42. The van der Waals surface area contributed by atoms with Crippen molar-refractivity contribution in [2.24, 2.45) is 0 Å². The van der Waals surface area contributed by atoms with Crippen LogP contribution in [-0.2, 0) is 27.4 Å². The Bertz CT molecular complexity index is 861. The Labute approximate surface area is 156 Å². The van der Waals surface area contributed by atoms with Gasteiger partial charge in [-0.3, -0.25) is 14.6 Å². The SMILES string of the molecule is O=C(CCn1ccc(=O)[nH]c1=O)N[C@@H]1COCC[C@@H]1OCc1ccccc1. The number of hydrogen-bond donors (Lipinski definition) is 2.